The van der Waals surface area contributed by atoms with Gasteiger partial charge >= 0.3 is 6.09 Å². The highest BCUT2D eigenvalue weighted by molar-refractivity contribution is 9.10. The summed E-state index contributed by atoms with van der Waals surface area (Å²) in [5.41, 5.74) is 0.376. The largest absolute Gasteiger partial charge is 0.465 e. The predicted molar refractivity (Wildman–Crippen MR) is 124 cm³/mol. The highest BCUT2D eigenvalue weighted by Gasteiger charge is 2.56. The second kappa shape index (κ2) is 8.24. The third-order valence-electron chi connectivity index (χ3n) is 5.99. The van der Waals surface area contributed by atoms with Crippen molar-refractivity contribution in [2.24, 2.45) is 5.41 Å². The standard InChI is InChI=1S/C21H33BrN4O3Si/c1-20(2,3)21(8-7-9-26(21)19(27)28)18-24-16-12-15(22)13-23-17(16)25(18)14-29-10-11-30(4,5)6/h12-13H,7-11,14H2,1-6H3,(H,27,28). The minimum atomic E-state index is -1.21. The van der Waals surface area contributed by atoms with Crippen molar-refractivity contribution in [3.63, 3.8) is 0 Å². The number of amides is 1. The molecular weight excluding hydrogens is 464 g/mol. The molecule has 1 fully saturated rings. The molecule has 7 nitrogen and oxygen atoms in total. The van der Waals surface area contributed by atoms with E-state index in [1.807, 2.05) is 10.6 Å². The van der Waals surface area contributed by atoms with Crippen molar-refractivity contribution < 1.29 is 14.6 Å². The van der Waals surface area contributed by atoms with Crippen LogP contribution in [0.25, 0.3) is 11.2 Å². The van der Waals surface area contributed by atoms with Gasteiger partial charge in [-0.15, -0.1) is 0 Å². The number of aromatic nitrogens is 3. The maximum Gasteiger partial charge on any atom is 0.408 e. The number of halogens is 1. The number of carboxylic acid groups (broad SMARTS) is 1. The lowest BCUT2D eigenvalue weighted by molar-refractivity contribution is 0.0100. The zero-order valence-corrected chi connectivity index (χ0v) is 21.4. The molecule has 1 unspecified atom stereocenters. The van der Waals surface area contributed by atoms with Crippen LogP contribution in [0.15, 0.2) is 16.7 Å². The van der Waals surface area contributed by atoms with Crippen LogP contribution in [-0.2, 0) is 17.0 Å². The van der Waals surface area contributed by atoms with Crippen LogP contribution < -0.4 is 0 Å². The number of hydrogen-bond acceptors (Lipinski definition) is 4. The fraction of sp³-hybridized carbons (Fsp3) is 0.667. The average molecular weight is 498 g/mol. The summed E-state index contributed by atoms with van der Waals surface area (Å²) in [5, 5.41) is 10.0. The predicted octanol–water partition coefficient (Wildman–Crippen LogP) is 5.52. The molecule has 1 aliphatic rings. The molecule has 1 aliphatic heterocycles. The Kier molecular flexibility index (Phi) is 6.37. The maximum absolute atomic E-state index is 12.2. The fourth-order valence-electron chi connectivity index (χ4n) is 4.38. The highest BCUT2D eigenvalue weighted by Crippen LogP contribution is 2.51. The van der Waals surface area contributed by atoms with Crippen LogP contribution in [0.3, 0.4) is 0 Å². The van der Waals surface area contributed by atoms with Crippen LogP contribution in [0.4, 0.5) is 4.79 Å². The number of likely N-dealkylation sites (tertiary alicyclic amines) is 1. The molecule has 9 heteroatoms. The van der Waals surface area contributed by atoms with Gasteiger partial charge in [0.1, 0.15) is 23.6 Å². The van der Waals surface area contributed by atoms with Gasteiger partial charge in [0.2, 0.25) is 0 Å². The highest BCUT2D eigenvalue weighted by atomic mass is 79.9. The van der Waals surface area contributed by atoms with Gasteiger partial charge in [0.15, 0.2) is 5.65 Å². The number of ether oxygens (including phenoxy) is 1. The van der Waals surface area contributed by atoms with Gasteiger partial charge in [-0.05, 0) is 46.3 Å². The van der Waals surface area contributed by atoms with Crippen molar-refractivity contribution in [1.29, 1.82) is 0 Å². The number of imidazole rings is 1. The number of fused-ring (bicyclic) bond motifs is 1. The van der Waals surface area contributed by atoms with E-state index in [1.165, 1.54) is 0 Å². The van der Waals surface area contributed by atoms with Gasteiger partial charge in [0.05, 0.1) is 0 Å². The first-order chi connectivity index (χ1) is 13.9. The Morgan fingerprint density at radius 2 is 2.07 bits per heavy atom. The molecular formula is C21H33BrN4O3Si. The first kappa shape index (κ1) is 23.2. The van der Waals surface area contributed by atoms with Gasteiger partial charge in [-0.1, -0.05) is 40.4 Å². The van der Waals surface area contributed by atoms with Crippen LogP contribution in [0, 0.1) is 5.41 Å². The summed E-state index contributed by atoms with van der Waals surface area (Å²) in [5.74, 6) is 0.725. The summed E-state index contributed by atoms with van der Waals surface area (Å²) in [7, 11) is -1.21. The molecule has 2 aromatic rings. The summed E-state index contributed by atoms with van der Waals surface area (Å²) in [6.07, 6.45) is 2.37. The number of nitrogens with zero attached hydrogens (tertiary/aromatic N) is 4. The molecule has 3 rings (SSSR count). The van der Waals surface area contributed by atoms with Gasteiger partial charge in [0, 0.05) is 31.9 Å². The fourth-order valence-corrected chi connectivity index (χ4v) is 5.46. The molecule has 1 amide bonds. The van der Waals surface area contributed by atoms with E-state index in [4.69, 9.17) is 9.72 Å². The van der Waals surface area contributed by atoms with Gasteiger partial charge in [-0.3, -0.25) is 9.47 Å². The van der Waals surface area contributed by atoms with Crippen molar-refractivity contribution in [1.82, 2.24) is 19.4 Å². The molecule has 1 saturated heterocycles. The number of pyridine rings is 1. The third-order valence-corrected chi connectivity index (χ3v) is 8.13. The smallest absolute Gasteiger partial charge is 0.408 e. The average Bonchev–Trinajstić information content (AvgIpc) is 3.19. The maximum atomic E-state index is 12.2. The lowest BCUT2D eigenvalue weighted by atomic mass is 9.71. The van der Waals surface area contributed by atoms with E-state index in [0.29, 0.717) is 19.9 Å². The molecule has 30 heavy (non-hydrogen) atoms. The van der Waals surface area contributed by atoms with E-state index in [-0.39, 0.29) is 5.41 Å². The first-order valence-electron chi connectivity index (χ1n) is 10.5. The Balaban J connectivity index is 2.12. The lowest BCUT2D eigenvalue weighted by Crippen LogP contribution is -2.54. The number of carbonyl (C=O) groups is 1. The topological polar surface area (TPSA) is 80.5 Å². The normalized spacial score (nSPS) is 20.3. The summed E-state index contributed by atoms with van der Waals surface area (Å²) < 4.78 is 8.92. The van der Waals surface area contributed by atoms with E-state index in [9.17, 15) is 9.90 Å². The van der Waals surface area contributed by atoms with Gasteiger partial charge < -0.3 is 9.84 Å². The van der Waals surface area contributed by atoms with Gasteiger partial charge in [0.25, 0.3) is 0 Å². The second-order valence-corrected chi connectivity index (χ2v) is 16.9. The van der Waals surface area contributed by atoms with Crippen LogP contribution in [0.1, 0.15) is 39.4 Å². The molecule has 0 saturated carbocycles. The summed E-state index contributed by atoms with van der Waals surface area (Å²) in [4.78, 5) is 23.3. The number of hydrogen-bond donors (Lipinski definition) is 1. The molecule has 0 bridgehead atoms. The lowest BCUT2D eigenvalue weighted by Gasteiger charge is -2.46. The van der Waals surface area contributed by atoms with E-state index in [0.717, 1.165) is 40.3 Å². The summed E-state index contributed by atoms with van der Waals surface area (Å²) >= 11 is 3.48. The van der Waals surface area contributed by atoms with Crippen LogP contribution in [-0.4, -0.2) is 51.9 Å². The van der Waals surface area contributed by atoms with Crippen LogP contribution >= 0.6 is 15.9 Å². The third kappa shape index (κ3) is 4.29. The molecule has 1 atom stereocenters. The van der Waals surface area contributed by atoms with Crippen molar-refractivity contribution >= 4 is 41.3 Å². The number of rotatable bonds is 6. The second-order valence-electron chi connectivity index (χ2n) is 10.4. The molecule has 3 heterocycles. The molecule has 0 spiro atoms. The zero-order chi connectivity index (χ0) is 22.3. The van der Waals surface area contributed by atoms with Crippen molar-refractivity contribution in [2.75, 3.05) is 13.2 Å². The minimum Gasteiger partial charge on any atom is -0.465 e. The quantitative estimate of drug-likeness (QED) is 0.420. The van der Waals surface area contributed by atoms with E-state index >= 15 is 0 Å². The van der Waals surface area contributed by atoms with E-state index in [2.05, 4.69) is 61.3 Å². The summed E-state index contributed by atoms with van der Waals surface area (Å²) in [6.45, 7) is 14.7. The molecule has 0 aliphatic carbocycles. The van der Waals surface area contributed by atoms with Crippen molar-refractivity contribution in [3.8, 4) is 0 Å². The molecule has 2 aromatic heterocycles. The van der Waals surface area contributed by atoms with Crippen molar-refractivity contribution in [2.45, 2.75) is 71.6 Å². The Morgan fingerprint density at radius 1 is 1.37 bits per heavy atom. The Hall–Kier alpha value is -1.45. The van der Waals surface area contributed by atoms with E-state index in [1.54, 1.807) is 11.1 Å². The minimum absolute atomic E-state index is 0.316. The zero-order valence-electron chi connectivity index (χ0n) is 18.8. The van der Waals surface area contributed by atoms with Crippen LogP contribution in [0.5, 0.6) is 0 Å². The molecule has 166 valence electrons. The monoisotopic (exact) mass is 496 g/mol. The van der Waals surface area contributed by atoms with Gasteiger partial charge in [-0.2, -0.15) is 0 Å². The molecule has 0 aromatic carbocycles. The molecule has 0 radical (unpaired) electrons. The molecule has 1 N–H and O–H groups in total. The Labute approximate surface area is 188 Å². The Bertz CT molecular complexity index is 935. The van der Waals surface area contributed by atoms with Crippen LogP contribution in [0.2, 0.25) is 25.7 Å². The van der Waals surface area contributed by atoms with Gasteiger partial charge in [-0.25, -0.2) is 14.8 Å². The Morgan fingerprint density at radius 3 is 2.67 bits per heavy atom. The van der Waals surface area contributed by atoms with Crippen molar-refractivity contribution in [3.05, 3.63) is 22.6 Å². The van der Waals surface area contributed by atoms with E-state index < -0.39 is 19.7 Å². The first-order valence-corrected chi connectivity index (χ1v) is 15.0. The SMILES string of the molecule is CC(C)(C)C1(c2nc3cc(Br)cnc3n2COCC[Si](C)(C)C)CCCN1C(=O)O. The summed E-state index contributed by atoms with van der Waals surface area (Å²) in [6, 6.07) is 3.00.